The first-order valence-electron chi connectivity index (χ1n) is 8.09. The fourth-order valence-electron chi connectivity index (χ4n) is 4.13. The zero-order valence-electron chi connectivity index (χ0n) is 13.6. The first-order chi connectivity index (χ1) is 10.6. The second-order valence-electron chi connectivity index (χ2n) is 7.53. The highest BCUT2D eigenvalue weighted by Crippen LogP contribution is 2.59. The minimum atomic E-state index is -2.90. The van der Waals surface area contributed by atoms with E-state index in [-0.39, 0.29) is 23.5 Å². The normalized spacial score (nSPS) is 35.9. The summed E-state index contributed by atoms with van der Waals surface area (Å²) >= 11 is 0. The number of nitrogens with zero attached hydrogens (tertiary/aromatic N) is 2. The van der Waals surface area contributed by atoms with Crippen molar-refractivity contribution in [2.24, 2.45) is 17.3 Å². The van der Waals surface area contributed by atoms with Gasteiger partial charge in [-0.2, -0.15) is 0 Å². The Kier molecular flexibility index (Phi) is 3.95. The lowest BCUT2D eigenvalue weighted by molar-refractivity contribution is -0.142. The second kappa shape index (κ2) is 5.44. The number of aliphatic carboxylic acids is 1. The van der Waals surface area contributed by atoms with Crippen molar-refractivity contribution in [2.75, 3.05) is 37.7 Å². The summed E-state index contributed by atoms with van der Waals surface area (Å²) in [5.41, 5.74) is -0.473. The van der Waals surface area contributed by atoms with Crippen LogP contribution in [0.4, 0.5) is 0 Å². The predicted octanol–water partition coefficient (Wildman–Crippen LogP) is -0.325. The zero-order chi connectivity index (χ0) is 17.0. The molecule has 3 fully saturated rings. The van der Waals surface area contributed by atoms with Gasteiger partial charge in [0.05, 0.1) is 23.3 Å². The van der Waals surface area contributed by atoms with E-state index in [2.05, 4.69) is 4.90 Å². The average molecular weight is 344 g/mol. The Balaban J connectivity index is 1.56. The number of rotatable bonds is 3. The van der Waals surface area contributed by atoms with E-state index in [1.165, 1.54) is 0 Å². The third kappa shape index (κ3) is 2.98. The van der Waals surface area contributed by atoms with Gasteiger partial charge in [-0.25, -0.2) is 8.42 Å². The van der Waals surface area contributed by atoms with Crippen molar-refractivity contribution in [3.63, 3.8) is 0 Å². The van der Waals surface area contributed by atoms with E-state index in [9.17, 15) is 23.1 Å². The molecule has 1 saturated carbocycles. The Morgan fingerprint density at radius 2 is 1.70 bits per heavy atom. The molecule has 1 aliphatic carbocycles. The van der Waals surface area contributed by atoms with Crippen LogP contribution in [-0.2, 0) is 19.4 Å². The van der Waals surface area contributed by atoms with E-state index in [0.717, 1.165) is 0 Å². The number of carbonyl (C=O) groups excluding carboxylic acids is 1. The Labute approximate surface area is 136 Å². The lowest BCUT2D eigenvalue weighted by Crippen LogP contribution is -2.52. The highest BCUT2D eigenvalue weighted by molar-refractivity contribution is 7.91. The van der Waals surface area contributed by atoms with Crippen LogP contribution in [0.3, 0.4) is 0 Å². The zero-order valence-corrected chi connectivity index (χ0v) is 14.4. The molecule has 3 aliphatic rings. The molecular weight excluding hydrogens is 320 g/mol. The Hall–Kier alpha value is -1.15. The van der Waals surface area contributed by atoms with Gasteiger partial charge in [0.2, 0.25) is 5.91 Å². The molecular formula is C15H24N2O5S. The molecule has 0 unspecified atom stereocenters. The molecule has 2 heterocycles. The molecule has 2 aliphatic heterocycles. The van der Waals surface area contributed by atoms with Crippen LogP contribution in [-0.4, -0.2) is 78.9 Å². The Morgan fingerprint density at radius 3 is 2.13 bits per heavy atom. The van der Waals surface area contributed by atoms with Crippen LogP contribution in [0.2, 0.25) is 0 Å². The molecule has 130 valence electrons. The number of carbonyl (C=O) groups is 2. The van der Waals surface area contributed by atoms with Gasteiger partial charge in [-0.15, -0.1) is 0 Å². The second-order valence-corrected chi connectivity index (χ2v) is 9.76. The summed E-state index contributed by atoms with van der Waals surface area (Å²) in [7, 11) is -2.90. The number of carboxylic acids is 1. The monoisotopic (exact) mass is 344 g/mol. The van der Waals surface area contributed by atoms with Crippen LogP contribution in [0, 0.1) is 17.3 Å². The van der Waals surface area contributed by atoms with E-state index in [4.69, 9.17) is 0 Å². The first kappa shape index (κ1) is 16.7. The highest BCUT2D eigenvalue weighted by atomic mass is 32.2. The number of hydrogen-bond donors (Lipinski definition) is 1. The van der Waals surface area contributed by atoms with Gasteiger partial charge in [0.1, 0.15) is 0 Å². The fraction of sp³-hybridized carbons (Fsp3) is 0.867. The maximum Gasteiger partial charge on any atom is 0.307 e. The number of hydrogen-bond acceptors (Lipinski definition) is 5. The molecule has 1 N–H and O–H groups in total. The SMILES string of the molecule is CC1(C)[C@H](C(=O)O)[C@@H]1C(=O)N1CCN([C@@H]2CCS(=O)(=O)C2)CC1. The smallest absolute Gasteiger partial charge is 0.307 e. The molecule has 0 aromatic carbocycles. The summed E-state index contributed by atoms with van der Waals surface area (Å²) < 4.78 is 23.2. The van der Waals surface area contributed by atoms with Gasteiger partial charge in [-0.1, -0.05) is 13.8 Å². The van der Waals surface area contributed by atoms with E-state index >= 15 is 0 Å². The molecule has 0 aromatic heterocycles. The Morgan fingerprint density at radius 1 is 1.09 bits per heavy atom. The molecule has 0 bridgehead atoms. The van der Waals surface area contributed by atoms with Crippen LogP contribution < -0.4 is 0 Å². The molecule has 8 heteroatoms. The number of carboxylic acid groups (broad SMARTS) is 1. The summed E-state index contributed by atoms with van der Waals surface area (Å²) in [6.45, 7) is 6.08. The summed E-state index contributed by atoms with van der Waals surface area (Å²) in [6, 6.07) is 0.0707. The molecule has 23 heavy (non-hydrogen) atoms. The maximum absolute atomic E-state index is 12.6. The van der Waals surface area contributed by atoms with Crippen molar-refractivity contribution in [2.45, 2.75) is 26.3 Å². The molecule has 0 spiro atoms. The first-order valence-corrected chi connectivity index (χ1v) is 9.92. The number of amides is 1. The molecule has 3 atom stereocenters. The summed E-state index contributed by atoms with van der Waals surface area (Å²) in [4.78, 5) is 27.7. The van der Waals surface area contributed by atoms with Gasteiger partial charge in [-0.3, -0.25) is 14.5 Å². The molecule has 3 rings (SSSR count). The van der Waals surface area contributed by atoms with Crippen molar-refractivity contribution in [3.05, 3.63) is 0 Å². The van der Waals surface area contributed by atoms with E-state index in [1.54, 1.807) is 4.90 Å². The van der Waals surface area contributed by atoms with Gasteiger partial charge >= 0.3 is 5.97 Å². The molecule has 0 radical (unpaired) electrons. The standard InChI is InChI=1S/C15H24N2O5S/c1-15(2)11(12(15)14(19)20)13(18)17-6-4-16(5-7-17)10-3-8-23(21,22)9-10/h10-12H,3-9H2,1-2H3,(H,19,20)/t10-,11-,12+/m1/s1. The average Bonchev–Trinajstić information content (AvgIpc) is 2.86. The number of piperazine rings is 1. The van der Waals surface area contributed by atoms with Crippen molar-refractivity contribution < 1.29 is 23.1 Å². The van der Waals surface area contributed by atoms with Gasteiger partial charge in [-0.05, 0) is 11.8 Å². The highest BCUT2D eigenvalue weighted by Gasteiger charge is 2.66. The van der Waals surface area contributed by atoms with Crippen molar-refractivity contribution in [1.82, 2.24) is 9.80 Å². The van der Waals surface area contributed by atoms with Gasteiger partial charge < -0.3 is 10.0 Å². The Bertz CT molecular complexity index is 622. The number of sulfone groups is 1. The third-order valence-electron chi connectivity index (χ3n) is 5.71. The fourth-order valence-corrected chi connectivity index (χ4v) is 5.89. The summed E-state index contributed by atoms with van der Waals surface area (Å²) in [5.74, 6) is -1.51. The molecule has 0 aromatic rings. The van der Waals surface area contributed by atoms with Crippen LogP contribution in [0.25, 0.3) is 0 Å². The largest absolute Gasteiger partial charge is 0.481 e. The summed E-state index contributed by atoms with van der Waals surface area (Å²) in [5, 5.41) is 9.21. The van der Waals surface area contributed by atoms with Crippen LogP contribution >= 0.6 is 0 Å². The third-order valence-corrected chi connectivity index (χ3v) is 7.46. The van der Waals surface area contributed by atoms with Gasteiger partial charge in [0.25, 0.3) is 0 Å². The van der Waals surface area contributed by atoms with Crippen molar-refractivity contribution >= 4 is 21.7 Å². The predicted molar refractivity (Wildman–Crippen MR) is 83.6 cm³/mol. The topological polar surface area (TPSA) is 95.0 Å². The minimum absolute atomic E-state index is 0.0684. The molecule has 1 amide bonds. The van der Waals surface area contributed by atoms with Crippen LogP contribution in [0.15, 0.2) is 0 Å². The quantitative estimate of drug-likeness (QED) is 0.754. The maximum atomic E-state index is 12.6. The molecule has 7 nitrogen and oxygen atoms in total. The van der Waals surface area contributed by atoms with Crippen molar-refractivity contribution in [1.29, 1.82) is 0 Å². The summed E-state index contributed by atoms with van der Waals surface area (Å²) in [6.07, 6.45) is 0.674. The van der Waals surface area contributed by atoms with Gasteiger partial charge in [0, 0.05) is 32.2 Å². The van der Waals surface area contributed by atoms with Crippen LogP contribution in [0.5, 0.6) is 0 Å². The van der Waals surface area contributed by atoms with Crippen LogP contribution in [0.1, 0.15) is 20.3 Å². The van der Waals surface area contributed by atoms with E-state index in [0.29, 0.717) is 32.6 Å². The van der Waals surface area contributed by atoms with E-state index in [1.807, 2.05) is 13.8 Å². The van der Waals surface area contributed by atoms with Gasteiger partial charge in [0.15, 0.2) is 9.84 Å². The lowest BCUT2D eigenvalue weighted by Gasteiger charge is -2.38. The van der Waals surface area contributed by atoms with E-state index < -0.39 is 33.1 Å². The lowest BCUT2D eigenvalue weighted by atomic mass is 10.1. The minimum Gasteiger partial charge on any atom is -0.481 e. The van der Waals surface area contributed by atoms with Crippen molar-refractivity contribution in [3.8, 4) is 0 Å². The molecule has 2 saturated heterocycles.